The summed E-state index contributed by atoms with van der Waals surface area (Å²) in [7, 11) is 0. The lowest BCUT2D eigenvalue weighted by molar-refractivity contribution is 0.420. The molecule has 1 aromatic heterocycles. The van der Waals surface area contributed by atoms with Crippen LogP contribution >= 0.6 is 0 Å². The van der Waals surface area contributed by atoms with E-state index >= 15 is 0 Å². The molecule has 0 fully saturated rings. The molecule has 0 amide bonds. The zero-order chi connectivity index (χ0) is 14.0. The van der Waals surface area contributed by atoms with Crippen LogP contribution in [0.2, 0.25) is 0 Å². The fourth-order valence-electron chi connectivity index (χ4n) is 1.79. The van der Waals surface area contributed by atoms with Crippen molar-refractivity contribution in [2.75, 3.05) is 0 Å². The number of nitrogens with zero attached hydrogens (tertiary/aromatic N) is 2. The highest BCUT2D eigenvalue weighted by Crippen LogP contribution is 2.16. The zero-order valence-electron chi connectivity index (χ0n) is 11.9. The largest absolute Gasteiger partial charge is 0.306 e. The summed E-state index contributed by atoms with van der Waals surface area (Å²) >= 11 is 0. The Morgan fingerprint density at radius 1 is 1.26 bits per heavy atom. The van der Waals surface area contributed by atoms with Gasteiger partial charge in [-0.05, 0) is 45.9 Å². The van der Waals surface area contributed by atoms with Crippen LogP contribution in [0.5, 0.6) is 0 Å². The van der Waals surface area contributed by atoms with Crippen LogP contribution in [0.25, 0.3) is 5.69 Å². The lowest BCUT2D eigenvalue weighted by Crippen LogP contribution is -2.35. The Bertz CT molecular complexity index is 567. The maximum absolute atomic E-state index is 13.5. The minimum Gasteiger partial charge on any atom is -0.306 e. The first kappa shape index (κ1) is 13.7. The number of aromatic nitrogens is 2. The van der Waals surface area contributed by atoms with E-state index in [1.807, 2.05) is 18.3 Å². The standard InChI is InChI=1S/C15H20FN3/c1-11-13(16)6-5-7-14(11)19-9-8-12(18-19)10-17-15(2,3)4/h5-9,17H,10H2,1-4H3. The Hall–Kier alpha value is -1.68. The van der Waals surface area contributed by atoms with E-state index in [4.69, 9.17) is 0 Å². The van der Waals surface area contributed by atoms with E-state index in [2.05, 4.69) is 31.2 Å². The van der Waals surface area contributed by atoms with Crippen molar-refractivity contribution in [2.24, 2.45) is 0 Å². The van der Waals surface area contributed by atoms with Crippen LogP contribution in [0.3, 0.4) is 0 Å². The SMILES string of the molecule is Cc1c(F)cccc1-n1ccc(CNC(C)(C)C)n1. The third-order valence-electron chi connectivity index (χ3n) is 2.93. The van der Waals surface area contributed by atoms with E-state index in [0.717, 1.165) is 11.4 Å². The number of rotatable bonds is 3. The number of hydrogen-bond acceptors (Lipinski definition) is 2. The van der Waals surface area contributed by atoms with Gasteiger partial charge < -0.3 is 5.32 Å². The van der Waals surface area contributed by atoms with Crippen LogP contribution in [0.4, 0.5) is 4.39 Å². The van der Waals surface area contributed by atoms with Gasteiger partial charge in [0.2, 0.25) is 0 Å². The first-order valence-corrected chi connectivity index (χ1v) is 6.42. The molecule has 0 unspecified atom stereocenters. The van der Waals surface area contributed by atoms with Crippen LogP contribution in [0.1, 0.15) is 32.0 Å². The van der Waals surface area contributed by atoms with Crippen molar-refractivity contribution in [3.05, 3.63) is 47.5 Å². The third-order valence-corrected chi connectivity index (χ3v) is 2.93. The summed E-state index contributed by atoms with van der Waals surface area (Å²) in [4.78, 5) is 0. The summed E-state index contributed by atoms with van der Waals surface area (Å²) in [5.74, 6) is -0.206. The lowest BCUT2D eigenvalue weighted by Gasteiger charge is -2.19. The molecule has 0 spiro atoms. The predicted molar refractivity (Wildman–Crippen MR) is 74.9 cm³/mol. The van der Waals surface area contributed by atoms with Crippen LogP contribution < -0.4 is 5.32 Å². The van der Waals surface area contributed by atoms with Crippen molar-refractivity contribution in [2.45, 2.75) is 39.8 Å². The molecule has 0 bridgehead atoms. The molecule has 1 heterocycles. The van der Waals surface area contributed by atoms with E-state index in [0.29, 0.717) is 12.1 Å². The maximum Gasteiger partial charge on any atom is 0.128 e. The molecule has 102 valence electrons. The van der Waals surface area contributed by atoms with Gasteiger partial charge in [0.25, 0.3) is 0 Å². The van der Waals surface area contributed by atoms with Crippen molar-refractivity contribution in [1.82, 2.24) is 15.1 Å². The minimum absolute atomic E-state index is 0.0541. The minimum atomic E-state index is -0.206. The van der Waals surface area contributed by atoms with Gasteiger partial charge in [0.15, 0.2) is 0 Å². The fourth-order valence-corrected chi connectivity index (χ4v) is 1.79. The Balaban J connectivity index is 2.19. The van der Waals surface area contributed by atoms with E-state index in [1.54, 1.807) is 17.7 Å². The molecule has 0 saturated heterocycles. The Labute approximate surface area is 113 Å². The highest BCUT2D eigenvalue weighted by atomic mass is 19.1. The second-order valence-electron chi connectivity index (χ2n) is 5.74. The summed E-state index contributed by atoms with van der Waals surface area (Å²) in [6.45, 7) is 8.80. The quantitative estimate of drug-likeness (QED) is 0.919. The van der Waals surface area contributed by atoms with E-state index < -0.39 is 0 Å². The molecule has 3 nitrogen and oxygen atoms in total. The van der Waals surface area contributed by atoms with Gasteiger partial charge in [-0.1, -0.05) is 6.07 Å². The van der Waals surface area contributed by atoms with Crippen LogP contribution in [-0.4, -0.2) is 15.3 Å². The average molecular weight is 261 g/mol. The molecule has 4 heteroatoms. The van der Waals surface area contributed by atoms with Gasteiger partial charge in [-0.2, -0.15) is 5.10 Å². The van der Waals surface area contributed by atoms with E-state index in [-0.39, 0.29) is 11.4 Å². The molecule has 0 saturated carbocycles. The van der Waals surface area contributed by atoms with E-state index in [9.17, 15) is 4.39 Å². The molecule has 0 aliphatic carbocycles. The van der Waals surface area contributed by atoms with Gasteiger partial charge in [-0.15, -0.1) is 0 Å². The summed E-state index contributed by atoms with van der Waals surface area (Å²) < 4.78 is 15.2. The number of nitrogens with one attached hydrogen (secondary N) is 1. The summed E-state index contributed by atoms with van der Waals surface area (Å²) in [5, 5.41) is 7.85. The monoisotopic (exact) mass is 261 g/mol. The molecular weight excluding hydrogens is 241 g/mol. The molecule has 1 N–H and O–H groups in total. The fraction of sp³-hybridized carbons (Fsp3) is 0.400. The molecule has 0 radical (unpaired) electrons. The number of halogens is 1. The normalized spacial score (nSPS) is 11.8. The van der Waals surface area contributed by atoms with Crippen molar-refractivity contribution >= 4 is 0 Å². The highest BCUT2D eigenvalue weighted by Gasteiger charge is 2.11. The smallest absolute Gasteiger partial charge is 0.128 e. The molecule has 0 aliphatic heterocycles. The van der Waals surface area contributed by atoms with Crippen molar-refractivity contribution in [3.8, 4) is 5.69 Å². The van der Waals surface area contributed by atoms with Crippen molar-refractivity contribution in [3.63, 3.8) is 0 Å². The van der Waals surface area contributed by atoms with Gasteiger partial charge >= 0.3 is 0 Å². The van der Waals surface area contributed by atoms with Gasteiger partial charge in [0.05, 0.1) is 11.4 Å². The topological polar surface area (TPSA) is 29.9 Å². The van der Waals surface area contributed by atoms with Gasteiger partial charge in [0.1, 0.15) is 5.82 Å². The molecular formula is C15H20FN3. The van der Waals surface area contributed by atoms with Crippen molar-refractivity contribution in [1.29, 1.82) is 0 Å². The first-order valence-electron chi connectivity index (χ1n) is 6.42. The average Bonchev–Trinajstić information content (AvgIpc) is 2.78. The molecule has 0 aliphatic rings. The van der Waals surface area contributed by atoms with Crippen molar-refractivity contribution < 1.29 is 4.39 Å². The third kappa shape index (κ3) is 3.41. The predicted octanol–water partition coefficient (Wildman–Crippen LogP) is 3.21. The molecule has 0 atom stereocenters. The van der Waals surface area contributed by atoms with E-state index in [1.165, 1.54) is 6.07 Å². The van der Waals surface area contributed by atoms with Gasteiger partial charge in [-0.25, -0.2) is 9.07 Å². The first-order chi connectivity index (χ1) is 8.87. The Kier molecular flexibility index (Phi) is 3.71. The second kappa shape index (κ2) is 5.13. The molecule has 2 rings (SSSR count). The van der Waals surface area contributed by atoms with Gasteiger partial charge in [-0.3, -0.25) is 0 Å². The van der Waals surface area contributed by atoms with Gasteiger partial charge in [0, 0.05) is 23.8 Å². The maximum atomic E-state index is 13.5. The Morgan fingerprint density at radius 2 is 2.00 bits per heavy atom. The second-order valence-corrected chi connectivity index (χ2v) is 5.74. The zero-order valence-corrected chi connectivity index (χ0v) is 11.9. The number of hydrogen-bond donors (Lipinski definition) is 1. The van der Waals surface area contributed by atoms with Crippen LogP contribution in [-0.2, 0) is 6.54 Å². The molecule has 2 aromatic rings. The lowest BCUT2D eigenvalue weighted by atomic mass is 10.1. The highest BCUT2D eigenvalue weighted by molar-refractivity contribution is 5.40. The molecule has 1 aromatic carbocycles. The molecule has 19 heavy (non-hydrogen) atoms. The summed E-state index contributed by atoms with van der Waals surface area (Å²) in [5.41, 5.74) is 2.39. The Morgan fingerprint density at radius 3 is 2.68 bits per heavy atom. The van der Waals surface area contributed by atoms with Crippen LogP contribution in [0.15, 0.2) is 30.5 Å². The van der Waals surface area contributed by atoms with Crippen LogP contribution in [0, 0.1) is 12.7 Å². The summed E-state index contributed by atoms with van der Waals surface area (Å²) in [6, 6.07) is 6.98. The summed E-state index contributed by atoms with van der Waals surface area (Å²) in [6.07, 6.45) is 1.86. The number of benzene rings is 1.